The highest BCUT2D eigenvalue weighted by molar-refractivity contribution is 6.07. The van der Waals surface area contributed by atoms with E-state index in [1.165, 1.54) is 4.90 Å². The highest BCUT2D eigenvalue weighted by atomic mass is 16.5. The van der Waals surface area contributed by atoms with E-state index in [0.717, 1.165) is 22.1 Å². The van der Waals surface area contributed by atoms with Gasteiger partial charge < -0.3 is 15.4 Å². The molecule has 0 saturated carbocycles. The zero-order valence-electron chi connectivity index (χ0n) is 19.9. The number of hydrogen-bond donors (Lipinski definition) is 2. The number of nitrogens with zero attached hydrogens (tertiary/aromatic N) is 1. The van der Waals surface area contributed by atoms with Gasteiger partial charge in [-0.05, 0) is 71.3 Å². The molecule has 1 saturated heterocycles. The van der Waals surface area contributed by atoms with Gasteiger partial charge in [0.05, 0.1) is 13.7 Å². The molecule has 1 unspecified atom stereocenters. The van der Waals surface area contributed by atoms with E-state index in [-0.39, 0.29) is 18.4 Å². The molecule has 1 fully saturated rings. The number of para-hydroxylation sites is 1. The first-order valence-corrected chi connectivity index (χ1v) is 11.5. The van der Waals surface area contributed by atoms with Crippen molar-refractivity contribution in [3.63, 3.8) is 0 Å². The molecule has 0 aromatic heterocycles. The smallest absolute Gasteiger partial charge is 0.325 e. The normalized spacial score (nSPS) is 17.2. The molecular weight excluding hydrogens is 454 g/mol. The van der Waals surface area contributed by atoms with Crippen molar-refractivity contribution in [1.82, 2.24) is 10.2 Å². The van der Waals surface area contributed by atoms with E-state index >= 15 is 0 Å². The van der Waals surface area contributed by atoms with E-state index in [9.17, 15) is 14.4 Å². The lowest BCUT2D eigenvalue weighted by Crippen LogP contribution is -2.40. The molecule has 4 amide bonds. The Morgan fingerprint density at radius 1 is 0.917 bits per heavy atom. The second-order valence-corrected chi connectivity index (χ2v) is 8.89. The molecule has 1 aliphatic heterocycles. The minimum absolute atomic E-state index is 0.103. The summed E-state index contributed by atoms with van der Waals surface area (Å²) in [5.41, 5.74) is 1.45. The van der Waals surface area contributed by atoms with Gasteiger partial charge >= 0.3 is 6.03 Å². The van der Waals surface area contributed by atoms with Crippen molar-refractivity contribution >= 4 is 34.3 Å². The quantitative estimate of drug-likeness (QED) is 0.378. The van der Waals surface area contributed by atoms with Crippen LogP contribution in [0, 0.1) is 0 Å². The van der Waals surface area contributed by atoms with Crippen molar-refractivity contribution in [3.8, 4) is 5.75 Å². The number of fused-ring (bicyclic) bond motifs is 1. The molecule has 4 aromatic carbocycles. The van der Waals surface area contributed by atoms with Crippen LogP contribution in [0.1, 0.15) is 28.4 Å². The topological polar surface area (TPSA) is 87.7 Å². The largest absolute Gasteiger partial charge is 0.497 e. The molecular formula is C29H25N3O4. The predicted octanol–water partition coefficient (Wildman–Crippen LogP) is 5.07. The zero-order chi connectivity index (χ0) is 25.3. The Morgan fingerprint density at radius 2 is 1.61 bits per heavy atom. The Balaban J connectivity index is 1.32. The number of carbonyl (C=O) groups excluding carboxylic acids is 3. The molecule has 0 aliphatic carbocycles. The zero-order valence-corrected chi connectivity index (χ0v) is 19.9. The van der Waals surface area contributed by atoms with Gasteiger partial charge in [-0.3, -0.25) is 14.5 Å². The van der Waals surface area contributed by atoms with E-state index in [0.29, 0.717) is 16.8 Å². The molecule has 180 valence electrons. The molecule has 2 N–H and O–H groups in total. The van der Waals surface area contributed by atoms with Gasteiger partial charge in [0.25, 0.3) is 11.8 Å². The first kappa shape index (κ1) is 23.1. The summed E-state index contributed by atoms with van der Waals surface area (Å²) >= 11 is 0. The van der Waals surface area contributed by atoms with Gasteiger partial charge in [-0.1, -0.05) is 48.5 Å². The molecule has 1 heterocycles. The minimum Gasteiger partial charge on any atom is -0.497 e. The Hall–Kier alpha value is -4.65. The summed E-state index contributed by atoms with van der Waals surface area (Å²) in [5, 5.41) is 7.62. The summed E-state index contributed by atoms with van der Waals surface area (Å²) in [6.45, 7) is 1.82. The maximum atomic E-state index is 13.4. The first-order chi connectivity index (χ1) is 17.4. The number of imide groups is 1. The molecule has 4 aromatic rings. The van der Waals surface area contributed by atoms with Crippen LogP contribution in [0.4, 0.5) is 10.5 Å². The van der Waals surface area contributed by atoms with Gasteiger partial charge in [-0.2, -0.15) is 0 Å². The van der Waals surface area contributed by atoms with Gasteiger partial charge in [-0.25, -0.2) is 4.79 Å². The molecule has 0 radical (unpaired) electrons. The van der Waals surface area contributed by atoms with E-state index in [1.807, 2.05) is 66.7 Å². The Morgan fingerprint density at radius 3 is 2.33 bits per heavy atom. The predicted molar refractivity (Wildman–Crippen MR) is 138 cm³/mol. The number of anilines is 1. The number of hydrogen-bond acceptors (Lipinski definition) is 4. The fraction of sp³-hybridized carbons (Fsp3) is 0.138. The second kappa shape index (κ2) is 9.19. The van der Waals surface area contributed by atoms with E-state index in [1.54, 1.807) is 38.3 Å². The summed E-state index contributed by atoms with van der Waals surface area (Å²) in [6.07, 6.45) is 0. The van der Waals surface area contributed by atoms with Gasteiger partial charge in [0.15, 0.2) is 0 Å². The highest BCUT2D eigenvalue weighted by Gasteiger charge is 2.48. The number of ether oxygens (including phenoxy) is 1. The van der Waals surface area contributed by atoms with Crippen LogP contribution < -0.4 is 15.4 Å². The van der Waals surface area contributed by atoms with Crippen molar-refractivity contribution in [3.05, 3.63) is 108 Å². The van der Waals surface area contributed by atoms with Crippen LogP contribution in [0.5, 0.6) is 5.75 Å². The van der Waals surface area contributed by atoms with Crippen LogP contribution in [0.25, 0.3) is 10.8 Å². The van der Waals surface area contributed by atoms with E-state index < -0.39 is 11.6 Å². The Labute approximate surface area is 208 Å². The van der Waals surface area contributed by atoms with Gasteiger partial charge in [0.1, 0.15) is 11.3 Å². The van der Waals surface area contributed by atoms with Crippen LogP contribution >= 0.6 is 0 Å². The molecule has 36 heavy (non-hydrogen) atoms. The third kappa shape index (κ3) is 4.27. The second-order valence-electron chi connectivity index (χ2n) is 8.89. The van der Waals surface area contributed by atoms with Crippen molar-refractivity contribution < 1.29 is 19.1 Å². The lowest BCUT2D eigenvalue weighted by atomic mass is 9.90. The van der Waals surface area contributed by atoms with Gasteiger partial charge in [0.2, 0.25) is 0 Å². The van der Waals surface area contributed by atoms with Crippen molar-refractivity contribution in [2.45, 2.75) is 19.0 Å². The molecule has 0 spiro atoms. The number of nitrogens with one attached hydrogen (secondary N) is 2. The van der Waals surface area contributed by atoms with Gasteiger partial charge in [0, 0.05) is 11.3 Å². The van der Waals surface area contributed by atoms with E-state index in [2.05, 4.69) is 10.6 Å². The van der Waals surface area contributed by atoms with Crippen LogP contribution in [0.15, 0.2) is 91.0 Å². The monoisotopic (exact) mass is 479 g/mol. The SMILES string of the molecule is COc1ccc2cc(C3(C)NC(=O)N(Cc4ccc(C(=O)Nc5ccccc5)cc4)C3=O)ccc2c1. The fourth-order valence-electron chi connectivity index (χ4n) is 4.37. The minimum atomic E-state index is -1.18. The lowest BCUT2D eigenvalue weighted by molar-refractivity contribution is -0.131. The molecule has 0 bridgehead atoms. The third-order valence-corrected chi connectivity index (χ3v) is 6.49. The highest BCUT2D eigenvalue weighted by Crippen LogP contribution is 2.32. The Kier molecular flexibility index (Phi) is 5.90. The average Bonchev–Trinajstić information content (AvgIpc) is 3.12. The number of amides is 4. The Bertz CT molecular complexity index is 1470. The number of carbonyl (C=O) groups is 3. The number of rotatable bonds is 6. The van der Waals surface area contributed by atoms with E-state index in [4.69, 9.17) is 4.74 Å². The van der Waals surface area contributed by atoms with Crippen LogP contribution in [-0.2, 0) is 16.9 Å². The number of benzene rings is 4. The molecule has 7 nitrogen and oxygen atoms in total. The molecule has 7 heteroatoms. The molecule has 1 atom stereocenters. The maximum Gasteiger partial charge on any atom is 0.325 e. The number of methoxy groups -OCH3 is 1. The fourth-order valence-corrected chi connectivity index (χ4v) is 4.37. The first-order valence-electron chi connectivity index (χ1n) is 11.5. The summed E-state index contributed by atoms with van der Waals surface area (Å²) in [4.78, 5) is 39.9. The van der Waals surface area contributed by atoms with Gasteiger partial charge in [-0.15, -0.1) is 0 Å². The van der Waals surface area contributed by atoms with Crippen LogP contribution in [0.2, 0.25) is 0 Å². The van der Waals surface area contributed by atoms with Crippen LogP contribution in [0.3, 0.4) is 0 Å². The maximum absolute atomic E-state index is 13.4. The van der Waals surface area contributed by atoms with Crippen molar-refractivity contribution in [2.75, 3.05) is 12.4 Å². The number of urea groups is 1. The summed E-state index contributed by atoms with van der Waals surface area (Å²) < 4.78 is 5.28. The average molecular weight is 480 g/mol. The molecule has 1 aliphatic rings. The summed E-state index contributed by atoms with van der Waals surface area (Å²) in [5.74, 6) is 0.192. The summed E-state index contributed by atoms with van der Waals surface area (Å²) in [7, 11) is 1.62. The van der Waals surface area contributed by atoms with Crippen molar-refractivity contribution in [1.29, 1.82) is 0 Å². The standard InChI is InChI=1S/C29H25N3O4/c1-29(23-14-12-22-17-25(36-2)15-13-21(22)16-23)27(34)32(28(35)31-29)18-19-8-10-20(11-9-19)26(33)30-24-6-4-3-5-7-24/h3-17H,18H2,1-2H3,(H,30,33)(H,31,35). The third-order valence-electron chi connectivity index (χ3n) is 6.49. The van der Waals surface area contributed by atoms with Crippen LogP contribution in [-0.4, -0.2) is 29.9 Å². The molecule has 5 rings (SSSR count). The lowest BCUT2D eigenvalue weighted by Gasteiger charge is -2.23. The van der Waals surface area contributed by atoms with Crippen molar-refractivity contribution in [2.24, 2.45) is 0 Å². The summed E-state index contributed by atoms with van der Waals surface area (Å²) in [6, 6.07) is 27.0.